The third kappa shape index (κ3) is 5.56. The molecule has 1 aromatic rings. The monoisotopic (exact) mass is 382 g/mol. The molecule has 132 valence electrons. The lowest BCUT2D eigenvalue weighted by Gasteiger charge is -2.26. The molecule has 0 saturated carbocycles. The molecule has 0 bridgehead atoms. The number of benzene rings is 1. The van der Waals surface area contributed by atoms with Crippen LogP contribution in [-0.4, -0.2) is 49.9 Å². The van der Waals surface area contributed by atoms with Crippen molar-refractivity contribution in [2.24, 2.45) is 4.40 Å². The van der Waals surface area contributed by atoms with E-state index in [1.165, 1.54) is 0 Å². The molecule has 24 heavy (non-hydrogen) atoms. The Kier molecular flexibility index (Phi) is 6.83. The molecule has 0 aromatic heterocycles. The van der Waals surface area contributed by atoms with Gasteiger partial charge in [-0.15, -0.1) is 0 Å². The number of rotatable bonds is 6. The maximum atomic E-state index is 12.3. The minimum Gasteiger partial charge on any atom is -0.480 e. The highest BCUT2D eigenvalue weighted by Crippen LogP contribution is 2.20. The summed E-state index contributed by atoms with van der Waals surface area (Å²) in [4.78, 5) is 12.3. The van der Waals surface area contributed by atoms with Crippen molar-refractivity contribution < 1.29 is 9.53 Å². The highest BCUT2D eigenvalue weighted by molar-refractivity contribution is 8.00. The second-order valence-corrected chi connectivity index (χ2v) is 15.0. The van der Waals surface area contributed by atoms with E-state index < -0.39 is 8.07 Å². The van der Waals surface area contributed by atoms with Crippen molar-refractivity contribution in [1.82, 2.24) is 5.32 Å². The lowest BCUT2D eigenvalue weighted by Crippen LogP contribution is -2.44. The minimum absolute atomic E-state index is 0.00774. The first kappa shape index (κ1) is 19.4. The zero-order valence-electron chi connectivity index (χ0n) is 15.0. The maximum absolute atomic E-state index is 12.3. The van der Waals surface area contributed by atoms with E-state index in [2.05, 4.69) is 29.4 Å². The average Bonchev–Trinajstić information content (AvgIpc) is 2.46. The fourth-order valence-electron chi connectivity index (χ4n) is 2.13. The first-order chi connectivity index (χ1) is 11.3. The molecule has 0 aliphatic carbocycles. The predicted octanol–water partition coefficient (Wildman–Crippen LogP) is 3.76. The number of carbonyl (C=O) groups is 1. The summed E-state index contributed by atoms with van der Waals surface area (Å²) in [6.07, 6.45) is 0. The Morgan fingerprint density at radius 2 is 2.12 bits per heavy atom. The third-order valence-electron chi connectivity index (χ3n) is 3.53. The fourth-order valence-corrected chi connectivity index (χ4v) is 4.87. The molecular formula is C17H26N2O2S2Si. The molecule has 0 atom stereocenters. The second kappa shape index (κ2) is 8.45. The van der Waals surface area contributed by atoms with Crippen LogP contribution < -0.4 is 5.32 Å². The molecule has 7 heteroatoms. The van der Waals surface area contributed by atoms with Crippen molar-refractivity contribution in [2.75, 3.05) is 24.0 Å². The van der Waals surface area contributed by atoms with Crippen molar-refractivity contribution in [3.05, 3.63) is 34.9 Å². The zero-order chi connectivity index (χ0) is 17.7. The van der Waals surface area contributed by atoms with Gasteiger partial charge in [0.05, 0.1) is 15.2 Å². The predicted molar refractivity (Wildman–Crippen MR) is 109 cm³/mol. The molecule has 1 amide bonds. The molecular weight excluding hydrogens is 356 g/mol. The lowest BCUT2D eigenvalue weighted by molar-refractivity contribution is 0.0942. The summed E-state index contributed by atoms with van der Waals surface area (Å²) in [5, 5.41) is 4.12. The summed E-state index contributed by atoms with van der Waals surface area (Å²) >= 11 is 3.42. The van der Waals surface area contributed by atoms with Crippen LogP contribution >= 0.6 is 23.7 Å². The topological polar surface area (TPSA) is 50.7 Å². The molecule has 1 N–H and O–H groups in total. The van der Waals surface area contributed by atoms with Crippen LogP contribution in [0.2, 0.25) is 19.6 Å². The molecule has 1 aromatic carbocycles. The van der Waals surface area contributed by atoms with Gasteiger partial charge in [0.25, 0.3) is 5.91 Å². The van der Waals surface area contributed by atoms with Crippen LogP contribution in [0.5, 0.6) is 0 Å². The zero-order valence-corrected chi connectivity index (χ0v) is 17.6. The number of nitrogens with one attached hydrogen (secondary N) is 1. The Morgan fingerprint density at radius 1 is 1.42 bits per heavy atom. The van der Waals surface area contributed by atoms with Crippen LogP contribution in [0.25, 0.3) is 0 Å². The van der Waals surface area contributed by atoms with Gasteiger partial charge in [-0.25, -0.2) is 0 Å². The van der Waals surface area contributed by atoms with E-state index in [1.807, 2.05) is 36.9 Å². The molecule has 1 heterocycles. The largest absolute Gasteiger partial charge is 0.480 e. The molecule has 4 nitrogen and oxygen atoms in total. The van der Waals surface area contributed by atoms with E-state index in [0.29, 0.717) is 11.9 Å². The van der Waals surface area contributed by atoms with Gasteiger partial charge < -0.3 is 10.1 Å². The first-order valence-corrected chi connectivity index (χ1v) is 13.8. The van der Waals surface area contributed by atoms with Gasteiger partial charge in [-0.1, -0.05) is 19.6 Å². The fraction of sp³-hybridized carbons (Fsp3) is 0.529. The van der Waals surface area contributed by atoms with Crippen LogP contribution in [0.15, 0.2) is 22.6 Å². The first-order valence-electron chi connectivity index (χ1n) is 8.04. The summed E-state index contributed by atoms with van der Waals surface area (Å²) < 4.78 is 9.97. The summed E-state index contributed by atoms with van der Waals surface area (Å²) in [7, 11) is 0.496. The third-order valence-corrected chi connectivity index (χ3v) is 9.08. The molecule has 1 aliphatic rings. The Labute approximate surface area is 154 Å². The van der Waals surface area contributed by atoms with Gasteiger partial charge >= 0.3 is 0 Å². The van der Waals surface area contributed by atoms with Crippen molar-refractivity contribution in [2.45, 2.75) is 32.6 Å². The molecule has 1 saturated heterocycles. The molecule has 1 aliphatic heterocycles. The van der Waals surface area contributed by atoms with Crippen molar-refractivity contribution in [3.63, 3.8) is 0 Å². The number of aryl methyl sites for hydroxylation is 1. The number of carbonyl (C=O) groups excluding carboxylic acids is 1. The lowest BCUT2D eigenvalue weighted by atomic mass is 10.0. The molecule has 2 rings (SSSR count). The number of thioether (sulfide) groups is 1. The van der Waals surface area contributed by atoms with Crippen LogP contribution in [0.1, 0.15) is 21.5 Å². The number of amides is 1. The van der Waals surface area contributed by atoms with Gasteiger partial charge in [-0.05, 0) is 42.6 Å². The van der Waals surface area contributed by atoms with E-state index in [0.717, 1.165) is 33.6 Å². The van der Waals surface area contributed by atoms with E-state index in [1.54, 1.807) is 19.1 Å². The standard InChI is InChI=1S/C17H26N2O2S2Si/c1-12-8-13(17(21-2)19-23-11-24(3,4)5)6-7-15(12)16(20)18-14-9-22-10-14/h6-8,14H,9-11H2,1-5H3,(H,18,20). The number of ether oxygens (including phenoxy) is 1. The Bertz CT molecular complexity index is 626. The quantitative estimate of drug-likeness (QED) is 0.352. The normalized spacial score (nSPS) is 15.8. The Morgan fingerprint density at radius 3 is 2.62 bits per heavy atom. The van der Waals surface area contributed by atoms with Gasteiger partial charge in [0.2, 0.25) is 5.90 Å². The van der Waals surface area contributed by atoms with Gasteiger partial charge in [-0.2, -0.15) is 16.2 Å². The van der Waals surface area contributed by atoms with Crippen LogP contribution in [-0.2, 0) is 4.74 Å². The van der Waals surface area contributed by atoms with Crippen LogP contribution in [0.3, 0.4) is 0 Å². The summed E-state index contributed by atoms with van der Waals surface area (Å²) in [6, 6.07) is 6.07. The van der Waals surface area contributed by atoms with Gasteiger partial charge in [0.1, 0.15) is 0 Å². The molecule has 1 fully saturated rings. The average molecular weight is 383 g/mol. The van der Waals surface area contributed by atoms with Gasteiger partial charge in [-0.3, -0.25) is 4.79 Å². The smallest absolute Gasteiger partial charge is 0.251 e. The van der Waals surface area contributed by atoms with E-state index in [4.69, 9.17) is 4.74 Å². The maximum Gasteiger partial charge on any atom is 0.251 e. The highest BCUT2D eigenvalue weighted by Gasteiger charge is 2.22. The van der Waals surface area contributed by atoms with Crippen LogP contribution in [0.4, 0.5) is 0 Å². The van der Waals surface area contributed by atoms with E-state index in [-0.39, 0.29) is 5.91 Å². The number of nitrogens with zero attached hydrogens (tertiary/aromatic N) is 1. The Balaban J connectivity index is 2.08. The van der Waals surface area contributed by atoms with E-state index in [9.17, 15) is 4.79 Å². The van der Waals surface area contributed by atoms with Crippen molar-refractivity contribution in [1.29, 1.82) is 0 Å². The Hall–Kier alpha value is -0.923. The van der Waals surface area contributed by atoms with Crippen molar-refractivity contribution in [3.8, 4) is 0 Å². The SMILES string of the molecule is COC(=NSC[Si](C)(C)C)c1ccc(C(=O)NC2CSC2)c(C)c1. The number of methoxy groups -OCH3 is 1. The summed E-state index contributed by atoms with van der Waals surface area (Å²) in [5.74, 6) is 2.65. The summed E-state index contributed by atoms with van der Waals surface area (Å²) in [5.41, 5.74) is 2.58. The van der Waals surface area contributed by atoms with Gasteiger partial charge in [0.15, 0.2) is 0 Å². The highest BCUT2D eigenvalue weighted by atomic mass is 32.2. The summed E-state index contributed by atoms with van der Waals surface area (Å²) in [6.45, 7) is 8.91. The number of hydrogen-bond acceptors (Lipinski definition) is 5. The second-order valence-electron chi connectivity index (χ2n) is 7.17. The number of hydrogen-bond donors (Lipinski definition) is 1. The van der Waals surface area contributed by atoms with E-state index >= 15 is 0 Å². The van der Waals surface area contributed by atoms with Crippen molar-refractivity contribution >= 4 is 43.6 Å². The van der Waals surface area contributed by atoms with Crippen LogP contribution in [0, 0.1) is 6.92 Å². The van der Waals surface area contributed by atoms with Gasteiger partial charge in [0, 0.05) is 34.1 Å². The molecule has 0 radical (unpaired) electrons. The minimum atomic E-state index is -1.14. The molecule has 0 spiro atoms. The molecule has 0 unspecified atom stereocenters.